The molecule has 4 rings (SSSR count). The molecule has 1 aromatic carbocycles. The van der Waals surface area contributed by atoms with Crippen LogP contribution in [0.4, 0.5) is 0 Å². The van der Waals surface area contributed by atoms with Gasteiger partial charge in [-0.25, -0.2) is 9.97 Å². The average Bonchev–Trinajstić information content (AvgIpc) is 3.23. The lowest BCUT2D eigenvalue weighted by Crippen LogP contribution is -2.42. The van der Waals surface area contributed by atoms with Crippen LogP contribution in [0.25, 0.3) is 5.69 Å². The molecule has 1 aliphatic heterocycles. The molecular formula is C24H30N6O2S2. The molecule has 3 heterocycles. The number of methoxy groups -OCH3 is 1. The minimum Gasteiger partial charge on any atom is -0.497 e. The Bertz CT molecular complexity index is 1110. The normalized spacial score (nSPS) is 16.0. The topological polar surface area (TPSA) is 86.0 Å². The second-order valence-corrected chi connectivity index (χ2v) is 10.3. The van der Waals surface area contributed by atoms with Crippen LogP contribution in [0, 0.1) is 13.8 Å². The first-order valence-corrected chi connectivity index (χ1v) is 13.4. The smallest absolute Gasteiger partial charge is 0.233 e. The minimum atomic E-state index is 0.154. The van der Waals surface area contributed by atoms with E-state index in [0.717, 1.165) is 48.0 Å². The molecule has 0 aliphatic carbocycles. The first kappa shape index (κ1) is 24.5. The second kappa shape index (κ2) is 11.2. The third-order valence-electron chi connectivity index (χ3n) is 5.77. The number of hydrogen-bond acceptors (Lipinski definition) is 8. The van der Waals surface area contributed by atoms with Crippen LogP contribution in [-0.2, 0) is 10.5 Å². The number of aryl methyl sites for hydroxylation is 2. The number of benzene rings is 1. The van der Waals surface area contributed by atoms with Gasteiger partial charge in [0.2, 0.25) is 5.91 Å². The quantitative estimate of drug-likeness (QED) is 0.332. The zero-order chi connectivity index (χ0) is 24.1. The van der Waals surface area contributed by atoms with Crippen LogP contribution < -0.4 is 4.74 Å². The highest BCUT2D eigenvalue weighted by molar-refractivity contribution is 7.99. The lowest BCUT2D eigenvalue weighted by atomic mass is 10.0. The van der Waals surface area contributed by atoms with Crippen molar-refractivity contribution in [3.63, 3.8) is 0 Å². The van der Waals surface area contributed by atoms with E-state index in [4.69, 9.17) is 4.74 Å². The fourth-order valence-electron chi connectivity index (χ4n) is 4.04. The lowest BCUT2D eigenvalue weighted by Gasteiger charge is -2.33. The molecular weight excluding hydrogens is 468 g/mol. The van der Waals surface area contributed by atoms with Crippen LogP contribution in [0.2, 0.25) is 0 Å². The summed E-state index contributed by atoms with van der Waals surface area (Å²) in [5, 5.41) is 10.3. The molecule has 10 heteroatoms. The summed E-state index contributed by atoms with van der Waals surface area (Å²) in [6.45, 7) is 6.90. The standard InChI is InChI=1S/C24H30N6O2S2/c1-16-13-17(2)26-23(25-16)33-14-21-27-28-24(30(21)19-8-10-20(32-4)11-9-19)34-15-22(31)29-12-6-5-7-18(29)3/h8-11,13,18H,5-7,12,14-15H2,1-4H3. The van der Waals surface area contributed by atoms with Gasteiger partial charge in [-0.1, -0.05) is 23.5 Å². The number of piperidine rings is 1. The predicted octanol–water partition coefficient (Wildman–Crippen LogP) is 4.47. The summed E-state index contributed by atoms with van der Waals surface area (Å²) in [4.78, 5) is 23.9. The van der Waals surface area contributed by atoms with Crippen molar-refractivity contribution < 1.29 is 9.53 Å². The van der Waals surface area contributed by atoms with Gasteiger partial charge in [0.15, 0.2) is 10.3 Å². The number of likely N-dealkylation sites (tertiary alicyclic amines) is 1. The van der Waals surface area contributed by atoms with E-state index in [1.54, 1.807) is 7.11 Å². The fraction of sp³-hybridized carbons (Fsp3) is 0.458. The molecule has 180 valence electrons. The maximum Gasteiger partial charge on any atom is 0.233 e. The zero-order valence-electron chi connectivity index (χ0n) is 20.0. The Morgan fingerprint density at radius 2 is 1.82 bits per heavy atom. The minimum absolute atomic E-state index is 0.154. The Morgan fingerprint density at radius 1 is 1.09 bits per heavy atom. The molecule has 1 atom stereocenters. The van der Waals surface area contributed by atoms with E-state index >= 15 is 0 Å². The molecule has 1 fully saturated rings. The van der Waals surface area contributed by atoms with Gasteiger partial charge in [-0.05, 0) is 70.4 Å². The number of carbonyl (C=O) groups is 1. The second-order valence-electron chi connectivity index (χ2n) is 8.37. The number of aromatic nitrogens is 5. The number of ether oxygens (including phenoxy) is 1. The summed E-state index contributed by atoms with van der Waals surface area (Å²) in [5.74, 6) is 2.60. The van der Waals surface area contributed by atoms with Crippen molar-refractivity contribution in [2.45, 2.75) is 62.1 Å². The lowest BCUT2D eigenvalue weighted by molar-refractivity contribution is -0.131. The fourth-order valence-corrected chi connectivity index (χ4v) is 5.76. The molecule has 0 bridgehead atoms. The van der Waals surface area contributed by atoms with Crippen molar-refractivity contribution in [1.29, 1.82) is 0 Å². The highest BCUT2D eigenvalue weighted by atomic mass is 32.2. The first-order chi connectivity index (χ1) is 16.4. The summed E-state index contributed by atoms with van der Waals surface area (Å²) < 4.78 is 7.32. The Balaban J connectivity index is 1.55. The summed E-state index contributed by atoms with van der Waals surface area (Å²) in [6.07, 6.45) is 3.33. The van der Waals surface area contributed by atoms with E-state index in [1.807, 2.05) is 53.6 Å². The molecule has 0 radical (unpaired) electrons. The van der Waals surface area contributed by atoms with E-state index in [0.29, 0.717) is 27.9 Å². The Labute approximate surface area is 208 Å². The van der Waals surface area contributed by atoms with Crippen molar-refractivity contribution >= 4 is 29.4 Å². The van der Waals surface area contributed by atoms with Crippen LogP contribution in [0.3, 0.4) is 0 Å². The van der Waals surface area contributed by atoms with E-state index in [9.17, 15) is 4.79 Å². The monoisotopic (exact) mass is 498 g/mol. The van der Waals surface area contributed by atoms with Crippen LogP contribution in [0.1, 0.15) is 43.4 Å². The number of carbonyl (C=O) groups excluding carboxylic acids is 1. The van der Waals surface area contributed by atoms with E-state index in [-0.39, 0.29) is 5.91 Å². The Kier molecular flexibility index (Phi) is 8.10. The molecule has 0 N–H and O–H groups in total. The third kappa shape index (κ3) is 5.90. The molecule has 1 amide bonds. The summed E-state index contributed by atoms with van der Waals surface area (Å²) >= 11 is 2.95. The SMILES string of the molecule is COc1ccc(-n2c(CSc3nc(C)cc(C)n3)nnc2SCC(=O)N2CCCCC2C)cc1. The highest BCUT2D eigenvalue weighted by Gasteiger charge is 2.24. The number of nitrogens with zero attached hydrogens (tertiary/aromatic N) is 6. The molecule has 1 unspecified atom stereocenters. The van der Waals surface area contributed by atoms with Crippen molar-refractivity contribution in [2.24, 2.45) is 0 Å². The molecule has 2 aromatic heterocycles. The van der Waals surface area contributed by atoms with Crippen LogP contribution in [-0.4, -0.2) is 61.0 Å². The molecule has 3 aromatic rings. The molecule has 1 aliphatic rings. The van der Waals surface area contributed by atoms with Crippen LogP contribution in [0.5, 0.6) is 5.75 Å². The largest absolute Gasteiger partial charge is 0.497 e. The predicted molar refractivity (Wildman–Crippen MR) is 135 cm³/mol. The maximum atomic E-state index is 12.9. The van der Waals surface area contributed by atoms with Gasteiger partial charge >= 0.3 is 0 Å². The van der Waals surface area contributed by atoms with Crippen molar-refractivity contribution in [3.05, 3.63) is 47.5 Å². The van der Waals surface area contributed by atoms with Gasteiger partial charge in [0.25, 0.3) is 0 Å². The molecule has 1 saturated heterocycles. The third-order valence-corrected chi connectivity index (χ3v) is 7.53. The number of hydrogen-bond donors (Lipinski definition) is 0. The average molecular weight is 499 g/mol. The van der Waals surface area contributed by atoms with Crippen molar-refractivity contribution in [2.75, 3.05) is 19.4 Å². The number of amides is 1. The van der Waals surface area contributed by atoms with Gasteiger partial charge in [0.05, 0.1) is 18.6 Å². The highest BCUT2D eigenvalue weighted by Crippen LogP contribution is 2.28. The number of rotatable bonds is 8. The van der Waals surface area contributed by atoms with Gasteiger partial charge in [0, 0.05) is 29.7 Å². The molecule has 34 heavy (non-hydrogen) atoms. The van der Waals surface area contributed by atoms with Gasteiger partial charge in [-0.2, -0.15) is 0 Å². The van der Waals surface area contributed by atoms with Gasteiger partial charge in [-0.3, -0.25) is 9.36 Å². The Hall–Kier alpha value is -2.59. The maximum absolute atomic E-state index is 12.9. The first-order valence-electron chi connectivity index (χ1n) is 11.4. The van der Waals surface area contributed by atoms with Crippen molar-refractivity contribution in [1.82, 2.24) is 29.6 Å². The van der Waals surface area contributed by atoms with E-state index in [1.165, 1.54) is 29.9 Å². The Morgan fingerprint density at radius 3 is 2.50 bits per heavy atom. The summed E-state index contributed by atoms with van der Waals surface area (Å²) in [7, 11) is 1.65. The number of thioether (sulfide) groups is 2. The summed E-state index contributed by atoms with van der Waals surface area (Å²) in [6, 6.07) is 10.0. The van der Waals surface area contributed by atoms with Gasteiger partial charge < -0.3 is 9.64 Å². The molecule has 8 nitrogen and oxygen atoms in total. The zero-order valence-corrected chi connectivity index (χ0v) is 21.7. The van der Waals surface area contributed by atoms with E-state index < -0.39 is 0 Å². The van der Waals surface area contributed by atoms with E-state index in [2.05, 4.69) is 27.1 Å². The van der Waals surface area contributed by atoms with Gasteiger partial charge in [0.1, 0.15) is 11.6 Å². The summed E-state index contributed by atoms with van der Waals surface area (Å²) in [5.41, 5.74) is 2.80. The van der Waals surface area contributed by atoms with Crippen LogP contribution >= 0.6 is 23.5 Å². The van der Waals surface area contributed by atoms with Crippen molar-refractivity contribution in [3.8, 4) is 11.4 Å². The molecule has 0 saturated carbocycles. The molecule has 0 spiro atoms. The van der Waals surface area contributed by atoms with Crippen LogP contribution in [0.15, 0.2) is 40.6 Å². The van der Waals surface area contributed by atoms with Gasteiger partial charge in [-0.15, -0.1) is 10.2 Å².